The van der Waals surface area contributed by atoms with Gasteiger partial charge >= 0.3 is 0 Å². The molecule has 0 aliphatic carbocycles. The summed E-state index contributed by atoms with van der Waals surface area (Å²) in [6, 6.07) is 16.5. The van der Waals surface area contributed by atoms with Crippen LogP contribution in [0.2, 0.25) is 0 Å². The van der Waals surface area contributed by atoms with Gasteiger partial charge in [0, 0.05) is 29.7 Å². The summed E-state index contributed by atoms with van der Waals surface area (Å²) in [5.41, 5.74) is 3.26. The Bertz CT molecular complexity index is 1710. The van der Waals surface area contributed by atoms with E-state index in [1.165, 1.54) is 38.0 Å². The maximum Gasteiger partial charge on any atom is 0.251 e. The Balaban J connectivity index is 1.58. The lowest BCUT2D eigenvalue weighted by atomic mass is 10.0. The number of ether oxygens (including phenoxy) is 6. The third kappa shape index (κ3) is 7.80. The van der Waals surface area contributed by atoms with Crippen LogP contribution in [0, 0.1) is 13.8 Å². The zero-order valence-electron chi connectivity index (χ0n) is 27.0. The standard InChI is InChI=1S/C34H36N4O8S/c1-20-13-21(2)36-34(35-20)47-18-30(39)38(17-22-7-10-25(41-3)11-8-22)31(23-14-28(42-4)32(44-6)29(15-23)43-5)33(40)37-24-9-12-26-27(16-24)46-19-45-26/h7-16,31H,17-19H2,1-6H3,(H,37,40)/t31-/m0/s1. The van der Waals surface area contributed by atoms with E-state index in [4.69, 9.17) is 28.4 Å². The molecular formula is C34H36N4O8S. The van der Waals surface area contributed by atoms with E-state index in [-0.39, 0.29) is 25.0 Å². The van der Waals surface area contributed by atoms with Gasteiger partial charge in [0.2, 0.25) is 18.4 Å². The topological polar surface area (TPSA) is 131 Å². The van der Waals surface area contributed by atoms with Crippen LogP contribution in [0.15, 0.2) is 65.8 Å². The molecule has 12 nitrogen and oxygen atoms in total. The van der Waals surface area contributed by atoms with Gasteiger partial charge in [0.05, 0.1) is 34.2 Å². The van der Waals surface area contributed by atoms with E-state index in [0.717, 1.165) is 17.0 Å². The first kappa shape index (κ1) is 33.2. The van der Waals surface area contributed by atoms with Crippen LogP contribution in [-0.4, -0.2) is 67.7 Å². The number of anilines is 1. The van der Waals surface area contributed by atoms with Crippen LogP contribution < -0.4 is 33.7 Å². The Kier molecular flexibility index (Phi) is 10.6. The van der Waals surface area contributed by atoms with E-state index in [0.29, 0.717) is 50.9 Å². The molecule has 2 amide bonds. The predicted octanol–water partition coefficient (Wildman–Crippen LogP) is 5.36. The summed E-state index contributed by atoms with van der Waals surface area (Å²) in [5.74, 6) is 1.92. The highest BCUT2D eigenvalue weighted by atomic mass is 32.2. The minimum atomic E-state index is -1.15. The highest BCUT2D eigenvalue weighted by molar-refractivity contribution is 7.99. The quantitative estimate of drug-likeness (QED) is 0.147. The van der Waals surface area contributed by atoms with Crippen LogP contribution in [-0.2, 0) is 16.1 Å². The van der Waals surface area contributed by atoms with E-state index in [2.05, 4.69) is 15.3 Å². The van der Waals surface area contributed by atoms with Crippen molar-refractivity contribution in [1.29, 1.82) is 0 Å². The van der Waals surface area contributed by atoms with Crippen molar-refractivity contribution in [3.63, 3.8) is 0 Å². The second-order valence-corrected chi connectivity index (χ2v) is 11.5. The Morgan fingerprint density at radius 3 is 2.13 bits per heavy atom. The summed E-state index contributed by atoms with van der Waals surface area (Å²) in [6.07, 6.45) is 0. The van der Waals surface area contributed by atoms with Gasteiger partial charge in [-0.05, 0) is 67.4 Å². The fourth-order valence-corrected chi connectivity index (χ4v) is 5.97. The molecule has 1 N–H and O–H groups in total. The highest BCUT2D eigenvalue weighted by Crippen LogP contribution is 2.42. The molecule has 0 spiro atoms. The molecule has 0 fully saturated rings. The van der Waals surface area contributed by atoms with Gasteiger partial charge in [-0.3, -0.25) is 9.59 Å². The molecule has 3 aromatic carbocycles. The molecule has 0 bridgehead atoms. The number of amides is 2. The Morgan fingerprint density at radius 1 is 0.851 bits per heavy atom. The van der Waals surface area contributed by atoms with E-state index in [9.17, 15) is 9.59 Å². The summed E-state index contributed by atoms with van der Waals surface area (Å²) in [5, 5.41) is 3.44. The van der Waals surface area contributed by atoms with E-state index in [1.54, 1.807) is 49.6 Å². The molecular weight excluding hydrogens is 624 g/mol. The average Bonchev–Trinajstić information content (AvgIpc) is 3.54. The number of nitrogens with zero attached hydrogens (tertiary/aromatic N) is 3. The van der Waals surface area contributed by atoms with Crippen LogP contribution >= 0.6 is 11.8 Å². The lowest BCUT2D eigenvalue weighted by Crippen LogP contribution is -2.42. The molecule has 47 heavy (non-hydrogen) atoms. The monoisotopic (exact) mass is 660 g/mol. The summed E-state index contributed by atoms with van der Waals surface area (Å²) >= 11 is 1.20. The fraction of sp³-hybridized carbons (Fsp3) is 0.294. The van der Waals surface area contributed by atoms with Crippen molar-refractivity contribution in [3.05, 3.63) is 83.2 Å². The smallest absolute Gasteiger partial charge is 0.251 e. The van der Waals surface area contributed by atoms with Gasteiger partial charge in [-0.2, -0.15) is 0 Å². The Hall–Kier alpha value is -5.17. The van der Waals surface area contributed by atoms with E-state index in [1.807, 2.05) is 32.0 Å². The third-order valence-electron chi connectivity index (χ3n) is 7.32. The zero-order valence-corrected chi connectivity index (χ0v) is 27.8. The summed E-state index contributed by atoms with van der Waals surface area (Å²) in [7, 11) is 6.06. The van der Waals surface area contributed by atoms with Crippen molar-refractivity contribution in [1.82, 2.24) is 14.9 Å². The van der Waals surface area contributed by atoms with Gasteiger partial charge in [-0.15, -0.1) is 0 Å². The molecule has 1 aliphatic heterocycles. The van der Waals surface area contributed by atoms with Gasteiger partial charge in [-0.1, -0.05) is 23.9 Å². The fourth-order valence-electron chi connectivity index (χ4n) is 5.14. The normalized spacial score (nSPS) is 12.2. The number of aromatic nitrogens is 2. The highest BCUT2D eigenvalue weighted by Gasteiger charge is 2.34. The summed E-state index contributed by atoms with van der Waals surface area (Å²) < 4.78 is 33.1. The molecule has 13 heteroatoms. The minimum Gasteiger partial charge on any atom is -0.497 e. The van der Waals surface area contributed by atoms with Crippen molar-refractivity contribution < 1.29 is 38.0 Å². The number of thioether (sulfide) groups is 1. The van der Waals surface area contributed by atoms with Crippen LogP contribution in [0.25, 0.3) is 0 Å². The lowest BCUT2D eigenvalue weighted by molar-refractivity contribution is -0.137. The Morgan fingerprint density at radius 2 is 1.51 bits per heavy atom. The summed E-state index contributed by atoms with van der Waals surface area (Å²) in [4.78, 5) is 39.2. The molecule has 5 rings (SSSR count). The molecule has 4 aromatic rings. The van der Waals surface area contributed by atoms with Gasteiger partial charge in [0.25, 0.3) is 5.91 Å². The van der Waals surface area contributed by atoms with Gasteiger partial charge in [0.1, 0.15) is 11.8 Å². The zero-order chi connectivity index (χ0) is 33.5. The van der Waals surface area contributed by atoms with Crippen molar-refractivity contribution in [3.8, 4) is 34.5 Å². The second kappa shape index (κ2) is 14.9. The van der Waals surface area contributed by atoms with Gasteiger partial charge in [-0.25, -0.2) is 9.97 Å². The molecule has 1 aliphatic rings. The minimum absolute atomic E-state index is 0.0305. The summed E-state index contributed by atoms with van der Waals surface area (Å²) in [6.45, 7) is 3.93. The third-order valence-corrected chi connectivity index (χ3v) is 8.15. The number of fused-ring (bicyclic) bond motifs is 1. The van der Waals surface area contributed by atoms with Gasteiger partial charge in [0.15, 0.2) is 28.2 Å². The number of nitrogens with one attached hydrogen (secondary N) is 1. The number of hydrogen-bond donors (Lipinski definition) is 1. The number of carbonyl (C=O) groups is 2. The van der Waals surface area contributed by atoms with Crippen molar-refractivity contribution in [2.24, 2.45) is 0 Å². The van der Waals surface area contributed by atoms with E-state index < -0.39 is 11.9 Å². The van der Waals surface area contributed by atoms with Crippen LogP contribution in [0.3, 0.4) is 0 Å². The Labute approximate surface area is 277 Å². The molecule has 0 saturated heterocycles. The second-order valence-electron chi connectivity index (χ2n) is 10.5. The van der Waals surface area contributed by atoms with Crippen LogP contribution in [0.1, 0.15) is 28.6 Å². The van der Waals surface area contributed by atoms with Gasteiger partial charge < -0.3 is 38.6 Å². The van der Waals surface area contributed by atoms with Crippen LogP contribution in [0.5, 0.6) is 34.5 Å². The molecule has 0 unspecified atom stereocenters. The first-order chi connectivity index (χ1) is 22.7. The van der Waals surface area contributed by atoms with Crippen molar-refractivity contribution in [2.75, 3.05) is 46.3 Å². The van der Waals surface area contributed by atoms with E-state index >= 15 is 0 Å². The molecule has 1 aromatic heterocycles. The molecule has 2 heterocycles. The number of benzene rings is 3. The molecule has 1 atom stereocenters. The van der Waals surface area contributed by atoms with Crippen molar-refractivity contribution in [2.45, 2.75) is 31.6 Å². The molecule has 246 valence electrons. The average molecular weight is 661 g/mol. The SMILES string of the molecule is COc1ccc(CN(C(=O)CSc2nc(C)cc(C)n2)[C@H](C(=O)Nc2ccc3c(c2)OCO3)c2cc(OC)c(OC)c(OC)c2)cc1. The first-order valence-corrected chi connectivity index (χ1v) is 15.6. The maximum atomic E-state index is 14.4. The molecule has 0 radical (unpaired) electrons. The number of methoxy groups -OCH3 is 4. The number of rotatable bonds is 13. The number of hydrogen-bond acceptors (Lipinski definition) is 11. The van der Waals surface area contributed by atoms with Crippen LogP contribution in [0.4, 0.5) is 5.69 Å². The van der Waals surface area contributed by atoms with Crippen molar-refractivity contribution >= 4 is 29.3 Å². The largest absolute Gasteiger partial charge is 0.497 e. The first-order valence-electron chi connectivity index (χ1n) is 14.6. The number of aryl methyl sites for hydroxylation is 2. The molecule has 0 saturated carbocycles. The predicted molar refractivity (Wildman–Crippen MR) is 176 cm³/mol. The maximum absolute atomic E-state index is 14.4. The lowest BCUT2D eigenvalue weighted by Gasteiger charge is -2.32. The number of carbonyl (C=O) groups excluding carboxylic acids is 2.